The normalized spacial score (nSPS) is 10.1. The van der Waals surface area contributed by atoms with E-state index in [9.17, 15) is 9.18 Å². The Hall–Kier alpha value is -0.740. The molecule has 0 bridgehead atoms. The van der Waals surface area contributed by atoms with Gasteiger partial charge in [-0.25, -0.2) is 4.39 Å². The molecule has 0 amide bonds. The summed E-state index contributed by atoms with van der Waals surface area (Å²) >= 11 is 6.61. The topological polar surface area (TPSA) is 43.1 Å². The molecule has 0 spiro atoms. The Morgan fingerprint density at radius 1 is 1.62 bits per heavy atom. The van der Waals surface area contributed by atoms with Gasteiger partial charge in [-0.2, -0.15) is 0 Å². The van der Waals surface area contributed by atoms with Crippen LogP contribution >= 0.6 is 23.4 Å². The molecule has 0 radical (unpaired) electrons. The maximum atomic E-state index is 12.8. The van der Waals surface area contributed by atoms with E-state index in [0.717, 1.165) is 17.8 Å². The van der Waals surface area contributed by atoms with Crippen molar-refractivity contribution in [1.29, 1.82) is 0 Å². The van der Waals surface area contributed by atoms with Crippen LogP contribution in [-0.4, -0.2) is 5.12 Å². The Bertz CT molecular complexity index is 356. The van der Waals surface area contributed by atoms with E-state index >= 15 is 0 Å². The number of nitrogens with two attached hydrogens (primary N) is 1. The van der Waals surface area contributed by atoms with Crippen molar-refractivity contribution in [2.24, 2.45) is 0 Å². The minimum absolute atomic E-state index is 0.00634. The zero-order valence-electron chi connectivity index (χ0n) is 6.80. The van der Waals surface area contributed by atoms with E-state index in [2.05, 4.69) is 0 Å². The van der Waals surface area contributed by atoms with Crippen molar-refractivity contribution >= 4 is 34.2 Å². The van der Waals surface area contributed by atoms with Crippen LogP contribution in [0.4, 0.5) is 10.1 Å². The third-order valence-corrected chi connectivity index (χ3v) is 2.57. The summed E-state index contributed by atoms with van der Waals surface area (Å²) in [4.78, 5) is 11.2. The van der Waals surface area contributed by atoms with Crippen molar-refractivity contribution in [3.63, 3.8) is 0 Å². The standard InChI is InChI=1S/C8H7ClFNOS/c1-4(12)13-8-3-7(11)6(10)2-5(8)9/h2-3H,11H2,1H3. The number of rotatable bonds is 1. The van der Waals surface area contributed by atoms with Gasteiger partial charge in [0.25, 0.3) is 0 Å². The highest BCUT2D eigenvalue weighted by Crippen LogP contribution is 2.30. The number of halogens is 2. The van der Waals surface area contributed by atoms with Crippen molar-refractivity contribution in [3.05, 3.63) is 23.0 Å². The van der Waals surface area contributed by atoms with Gasteiger partial charge in [0.2, 0.25) is 0 Å². The van der Waals surface area contributed by atoms with Crippen LogP contribution in [0, 0.1) is 5.82 Å². The average Bonchev–Trinajstić information content (AvgIpc) is 1.99. The quantitative estimate of drug-likeness (QED) is 0.583. The molecule has 70 valence electrons. The Balaban J connectivity index is 3.08. The summed E-state index contributed by atoms with van der Waals surface area (Å²) in [5.41, 5.74) is 5.30. The van der Waals surface area contributed by atoms with E-state index in [1.807, 2.05) is 0 Å². The monoisotopic (exact) mass is 219 g/mol. The number of hydrogen-bond acceptors (Lipinski definition) is 3. The van der Waals surface area contributed by atoms with Gasteiger partial charge in [0.1, 0.15) is 5.82 Å². The average molecular weight is 220 g/mol. The number of carbonyl (C=O) groups is 1. The fraction of sp³-hybridized carbons (Fsp3) is 0.125. The van der Waals surface area contributed by atoms with Crippen LogP contribution in [0.2, 0.25) is 5.02 Å². The highest BCUT2D eigenvalue weighted by atomic mass is 35.5. The summed E-state index contributed by atoms with van der Waals surface area (Å²) in [6, 6.07) is 2.45. The first-order chi connectivity index (χ1) is 6.00. The lowest BCUT2D eigenvalue weighted by atomic mass is 10.3. The molecular weight excluding hydrogens is 213 g/mol. The van der Waals surface area contributed by atoms with Gasteiger partial charge in [0, 0.05) is 11.8 Å². The zero-order chi connectivity index (χ0) is 10.0. The second-order valence-corrected chi connectivity index (χ2v) is 4.02. The summed E-state index contributed by atoms with van der Waals surface area (Å²) in [5, 5.41) is 0.0832. The molecule has 0 atom stereocenters. The number of thioether (sulfide) groups is 1. The van der Waals surface area contributed by atoms with Crippen molar-refractivity contribution in [3.8, 4) is 0 Å². The van der Waals surface area contributed by atoms with Crippen LogP contribution in [0.3, 0.4) is 0 Å². The Morgan fingerprint density at radius 2 is 2.23 bits per heavy atom. The molecule has 0 unspecified atom stereocenters. The summed E-state index contributed by atoms with van der Waals surface area (Å²) in [5.74, 6) is -0.571. The molecule has 1 aromatic rings. The second-order valence-electron chi connectivity index (χ2n) is 2.40. The Labute approximate surface area is 84.3 Å². The summed E-state index contributed by atoms with van der Waals surface area (Å²) in [6.07, 6.45) is 0. The van der Waals surface area contributed by atoms with Crippen molar-refractivity contribution in [1.82, 2.24) is 0 Å². The van der Waals surface area contributed by atoms with Gasteiger partial charge >= 0.3 is 0 Å². The molecule has 13 heavy (non-hydrogen) atoms. The number of carbonyl (C=O) groups excluding carboxylic acids is 1. The van der Waals surface area contributed by atoms with Crippen LogP contribution in [0.5, 0.6) is 0 Å². The SMILES string of the molecule is CC(=O)Sc1cc(N)c(F)cc1Cl. The van der Waals surface area contributed by atoms with E-state index < -0.39 is 5.82 Å². The molecule has 5 heteroatoms. The van der Waals surface area contributed by atoms with E-state index in [0.29, 0.717) is 4.90 Å². The minimum atomic E-state index is -0.571. The molecule has 2 nitrogen and oxygen atoms in total. The predicted molar refractivity (Wildman–Crippen MR) is 52.4 cm³/mol. The van der Waals surface area contributed by atoms with Crippen LogP contribution in [-0.2, 0) is 4.79 Å². The zero-order valence-corrected chi connectivity index (χ0v) is 8.38. The first-order valence-corrected chi connectivity index (χ1v) is 4.63. The molecule has 1 aromatic carbocycles. The van der Waals surface area contributed by atoms with E-state index in [-0.39, 0.29) is 15.8 Å². The minimum Gasteiger partial charge on any atom is -0.396 e. The van der Waals surface area contributed by atoms with Gasteiger partial charge < -0.3 is 5.73 Å². The Kier molecular flexibility index (Phi) is 3.17. The molecule has 0 fully saturated rings. The number of benzene rings is 1. The van der Waals surface area contributed by atoms with Gasteiger partial charge in [-0.1, -0.05) is 23.4 Å². The maximum Gasteiger partial charge on any atom is 0.190 e. The van der Waals surface area contributed by atoms with Crippen molar-refractivity contribution in [2.75, 3.05) is 5.73 Å². The number of hydrogen-bond donors (Lipinski definition) is 1. The summed E-state index contributed by atoms with van der Waals surface area (Å²) in [7, 11) is 0. The third-order valence-electron chi connectivity index (χ3n) is 1.30. The first-order valence-electron chi connectivity index (χ1n) is 3.43. The van der Waals surface area contributed by atoms with Gasteiger partial charge in [-0.3, -0.25) is 4.79 Å². The number of nitrogen functional groups attached to an aromatic ring is 1. The lowest BCUT2D eigenvalue weighted by molar-refractivity contribution is -0.109. The van der Waals surface area contributed by atoms with Gasteiger partial charge in [-0.05, 0) is 12.1 Å². The highest BCUT2D eigenvalue weighted by molar-refractivity contribution is 8.13. The van der Waals surface area contributed by atoms with Gasteiger partial charge in [0.05, 0.1) is 10.7 Å². The van der Waals surface area contributed by atoms with Gasteiger partial charge in [0.15, 0.2) is 5.12 Å². The second kappa shape index (κ2) is 3.98. The van der Waals surface area contributed by atoms with Gasteiger partial charge in [-0.15, -0.1) is 0 Å². The largest absolute Gasteiger partial charge is 0.396 e. The molecule has 1 rings (SSSR count). The van der Waals surface area contributed by atoms with Crippen molar-refractivity contribution < 1.29 is 9.18 Å². The molecule has 0 saturated carbocycles. The molecule has 0 aromatic heterocycles. The van der Waals surface area contributed by atoms with Crippen LogP contribution < -0.4 is 5.73 Å². The summed E-state index contributed by atoms with van der Waals surface area (Å²) < 4.78 is 12.8. The van der Waals surface area contributed by atoms with E-state index in [4.69, 9.17) is 17.3 Å². The fourth-order valence-electron chi connectivity index (χ4n) is 0.778. The van der Waals surface area contributed by atoms with Crippen molar-refractivity contribution in [2.45, 2.75) is 11.8 Å². The molecule has 0 heterocycles. The van der Waals surface area contributed by atoms with Crippen LogP contribution in [0.15, 0.2) is 17.0 Å². The van der Waals surface area contributed by atoms with E-state index in [1.54, 1.807) is 0 Å². The fourth-order valence-corrected chi connectivity index (χ4v) is 1.70. The molecular formula is C8H7ClFNOS. The molecule has 0 aliphatic heterocycles. The first kappa shape index (κ1) is 10.3. The highest BCUT2D eigenvalue weighted by Gasteiger charge is 2.08. The lowest BCUT2D eigenvalue weighted by Gasteiger charge is -2.03. The smallest absolute Gasteiger partial charge is 0.190 e. The predicted octanol–water partition coefficient (Wildman–Crippen LogP) is 2.70. The Morgan fingerprint density at radius 3 is 2.77 bits per heavy atom. The van der Waals surface area contributed by atoms with Crippen LogP contribution in [0.25, 0.3) is 0 Å². The molecule has 0 saturated heterocycles. The summed E-state index contributed by atoms with van der Waals surface area (Å²) in [6.45, 7) is 1.40. The lowest BCUT2D eigenvalue weighted by Crippen LogP contribution is -1.92. The van der Waals surface area contributed by atoms with E-state index in [1.165, 1.54) is 13.0 Å². The van der Waals surface area contributed by atoms with Crippen LogP contribution in [0.1, 0.15) is 6.92 Å². The number of anilines is 1. The molecule has 0 aliphatic carbocycles. The third kappa shape index (κ3) is 2.60. The molecule has 2 N–H and O–H groups in total. The maximum absolute atomic E-state index is 12.8. The molecule has 0 aliphatic rings.